The van der Waals surface area contributed by atoms with E-state index in [1.54, 1.807) is 0 Å². The van der Waals surface area contributed by atoms with E-state index in [-0.39, 0.29) is 6.61 Å². The van der Waals surface area contributed by atoms with Crippen LogP contribution in [-0.4, -0.2) is 31.0 Å². The highest BCUT2D eigenvalue weighted by atomic mass is 19.2. The molecule has 0 atom stereocenters. The average Bonchev–Trinajstić information content (AvgIpc) is 2.67. The average molecular weight is 415 g/mol. The molecular formula is C19H14F5NO4. The minimum Gasteiger partial charge on any atom is -0.506 e. The second kappa shape index (κ2) is 9.18. The molecule has 0 aliphatic carbocycles. The van der Waals surface area contributed by atoms with E-state index in [1.807, 2.05) is 0 Å². The summed E-state index contributed by atoms with van der Waals surface area (Å²) in [6.07, 6.45) is 0.622. The molecule has 5 nitrogen and oxygen atoms in total. The van der Waals surface area contributed by atoms with Crippen LogP contribution in [0.25, 0.3) is 5.76 Å². The first kappa shape index (κ1) is 21.9. The number of hydrogen-bond acceptors (Lipinski definition) is 5. The molecule has 29 heavy (non-hydrogen) atoms. The molecular weight excluding hydrogens is 401 g/mol. The molecule has 2 aromatic carbocycles. The van der Waals surface area contributed by atoms with Gasteiger partial charge in [-0.25, -0.2) is 22.4 Å². The van der Waals surface area contributed by atoms with Crippen molar-refractivity contribution in [1.82, 2.24) is 0 Å². The van der Waals surface area contributed by atoms with Gasteiger partial charge in [-0.15, -0.1) is 0 Å². The molecule has 0 aromatic heterocycles. The van der Waals surface area contributed by atoms with Crippen LogP contribution in [0, 0.1) is 29.1 Å². The molecule has 2 rings (SSSR count). The van der Waals surface area contributed by atoms with E-state index in [0.29, 0.717) is 18.3 Å². The number of halogens is 5. The van der Waals surface area contributed by atoms with E-state index < -0.39 is 63.4 Å². The summed E-state index contributed by atoms with van der Waals surface area (Å²) in [5.74, 6) is -10.1. The zero-order valence-electron chi connectivity index (χ0n) is 15.1. The van der Waals surface area contributed by atoms with E-state index in [2.05, 4.69) is 9.73 Å². The molecule has 0 amide bonds. The van der Waals surface area contributed by atoms with Crippen LogP contribution >= 0.6 is 0 Å². The van der Waals surface area contributed by atoms with Gasteiger partial charge in [-0.05, 0) is 25.1 Å². The lowest BCUT2D eigenvalue weighted by Gasteiger charge is -2.11. The molecule has 0 fully saturated rings. The SMILES string of the molecule is CCOC(=O)/C(C=Nc1ccc(F)cc1F)=C(/O)c1cc(F)c(F)c(OC)c1F. The maximum Gasteiger partial charge on any atom is 0.343 e. The van der Waals surface area contributed by atoms with Gasteiger partial charge in [0.1, 0.15) is 17.1 Å². The summed E-state index contributed by atoms with van der Waals surface area (Å²) in [5, 5.41) is 10.3. The fraction of sp³-hybridized carbons (Fsp3) is 0.158. The van der Waals surface area contributed by atoms with Crippen molar-refractivity contribution in [3.8, 4) is 5.75 Å². The first-order valence-corrected chi connectivity index (χ1v) is 8.02. The summed E-state index contributed by atoms with van der Waals surface area (Å²) in [6, 6.07) is 2.67. The van der Waals surface area contributed by atoms with E-state index in [9.17, 15) is 31.9 Å². The number of aliphatic hydroxyl groups is 1. The maximum atomic E-state index is 14.4. The van der Waals surface area contributed by atoms with Crippen molar-refractivity contribution in [3.05, 3.63) is 64.5 Å². The second-order valence-electron chi connectivity index (χ2n) is 5.40. The topological polar surface area (TPSA) is 68.1 Å². The Bertz CT molecular complexity index is 1000. The molecule has 0 radical (unpaired) electrons. The summed E-state index contributed by atoms with van der Waals surface area (Å²) in [5.41, 5.74) is -2.12. The molecule has 1 N–H and O–H groups in total. The number of nitrogens with zero attached hydrogens (tertiary/aromatic N) is 1. The predicted octanol–water partition coefficient (Wildman–Crippen LogP) is 4.63. The number of aliphatic hydroxyl groups excluding tert-OH is 1. The van der Waals surface area contributed by atoms with Crippen LogP contribution in [0.15, 0.2) is 34.8 Å². The molecule has 2 aromatic rings. The number of ether oxygens (including phenoxy) is 2. The Hall–Kier alpha value is -3.43. The van der Waals surface area contributed by atoms with Crippen molar-refractivity contribution in [2.75, 3.05) is 13.7 Å². The first-order chi connectivity index (χ1) is 13.7. The van der Waals surface area contributed by atoms with Crippen LogP contribution in [0.1, 0.15) is 12.5 Å². The molecule has 0 saturated carbocycles. The van der Waals surface area contributed by atoms with Gasteiger partial charge in [-0.1, -0.05) is 0 Å². The van der Waals surface area contributed by atoms with Crippen molar-refractivity contribution in [1.29, 1.82) is 0 Å². The van der Waals surface area contributed by atoms with E-state index in [1.165, 1.54) is 6.92 Å². The summed E-state index contributed by atoms with van der Waals surface area (Å²) in [6.45, 7) is 1.28. The lowest BCUT2D eigenvalue weighted by atomic mass is 10.1. The molecule has 0 saturated heterocycles. The van der Waals surface area contributed by atoms with Gasteiger partial charge < -0.3 is 14.6 Å². The van der Waals surface area contributed by atoms with Crippen molar-refractivity contribution in [3.63, 3.8) is 0 Å². The number of benzene rings is 2. The molecule has 0 spiro atoms. The molecule has 0 bridgehead atoms. The minimum absolute atomic E-state index is 0.155. The fourth-order valence-electron chi connectivity index (χ4n) is 2.22. The number of hydrogen-bond donors (Lipinski definition) is 1. The van der Waals surface area contributed by atoms with E-state index >= 15 is 0 Å². The normalized spacial score (nSPS) is 12.1. The molecule has 10 heteroatoms. The van der Waals surface area contributed by atoms with Gasteiger partial charge in [0.05, 0.1) is 25.0 Å². The Balaban J connectivity index is 2.65. The third kappa shape index (κ3) is 4.71. The maximum absolute atomic E-state index is 14.4. The van der Waals surface area contributed by atoms with Crippen molar-refractivity contribution in [2.45, 2.75) is 6.92 Å². The van der Waals surface area contributed by atoms with Gasteiger partial charge in [0, 0.05) is 12.3 Å². The molecule has 0 unspecified atom stereocenters. The van der Waals surface area contributed by atoms with Gasteiger partial charge in [-0.3, -0.25) is 4.99 Å². The van der Waals surface area contributed by atoms with Gasteiger partial charge in [0.15, 0.2) is 23.2 Å². The van der Waals surface area contributed by atoms with Crippen molar-refractivity contribution in [2.24, 2.45) is 4.99 Å². The Morgan fingerprint density at radius 2 is 1.79 bits per heavy atom. The highest BCUT2D eigenvalue weighted by Gasteiger charge is 2.25. The number of aliphatic imine (C=N–C) groups is 1. The summed E-state index contributed by atoms with van der Waals surface area (Å²) < 4.78 is 77.6. The Morgan fingerprint density at radius 1 is 1.10 bits per heavy atom. The Labute approximate surface area is 161 Å². The second-order valence-corrected chi connectivity index (χ2v) is 5.40. The smallest absolute Gasteiger partial charge is 0.343 e. The number of methoxy groups -OCH3 is 1. The number of rotatable bonds is 6. The largest absolute Gasteiger partial charge is 0.506 e. The monoisotopic (exact) mass is 415 g/mol. The van der Waals surface area contributed by atoms with Crippen LogP contribution in [0.2, 0.25) is 0 Å². The Kier molecular flexibility index (Phi) is 6.92. The first-order valence-electron chi connectivity index (χ1n) is 8.02. The van der Waals surface area contributed by atoms with Gasteiger partial charge >= 0.3 is 5.97 Å². The van der Waals surface area contributed by atoms with Crippen LogP contribution in [-0.2, 0) is 9.53 Å². The van der Waals surface area contributed by atoms with Crippen molar-refractivity contribution >= 4 is 23.6 Å². The lowest BCUT2D eigenvalue weighted by Crippen LogP contribution is -2.12. The van der Waals surface area contributed by atoms with Crippen LogP contribution in [0.4, 0.5) is 27.6 Å². The lowest BCUT2D eigenvalue weighted by molar-refractivity contribution is -0.137. The molecule has 0 heterocycles. The standard InChI is InChI=1S/C19H14F5NO4/c1-3-29-19(27)11(8-25-14-5-4-9(20)6-12(14)21)17(26)10-7-13(22)16(24)18(28-2)15(10)23/h4-8,26H,3H2,1-2H3/b17-11+,25-8?. The fourth-order valence-corrected chi connectivity index (χ4v) is 2.22. The van der Waals surface area contributed by atoms with Gasteiger partial charge in [0.2, 0.25) is 5.82 Å². The van der Waals surface area contributed by atoms with Crippen LogP contribution < -0.4 is 4.74 Å². The molecule has 0 aliphatic heterocycles. The minimum atomic E-state index is -1.64. The third-order valence-corrected chi connectivity index (χ3v) is 3.57. The highest BCUT2D eigenvalue weighted by molar-refractivity contribution is 6.15. The summed E-state index contributed by atoms with van der Waals surface area (Å²) in [7, 11) is 0.872. The summed E-state index contributed by atoms with van der Waals surface area (Å²) in [4.78, 5) is 15.7. The molecule has 154 valence electrons. The van der Waals surface area contributed by atoms with Gasteiger partial charge in [-0.2, -0.15) is 4.39 Å². The highest BCUT2D eigenvalue weighted by Crippen LogP contribution is 2.31. The zero-order chi connectivity index (χ0) is 21.7. The molecule has 0 aliphatic rings. The summed E-state index contributed by atoms with van der Waals surface area (Å²) >= 11 is 0. The van der Waals surface area contributed by atoms with E-state index in [0.717, 1.165) is 19.2 Å². The number of esters is 1. The zero-order valence-corrected chi connectivity index (χ0v) is 15.1. The quantitative estimate of drug-likeness (QED) is 0.187. The number of carbonyl (C=O) groups excluding carboxylic acids is 1. The third-order valence-electron chi connectivity index (χ3n) is 3.57. The predicted molar refractivity (Wildman–Crippen MR) is 93.6 cm³/mol. The van der Waals surface area contributed by atoms with E-state index in [4.69, 9.17) is 4.74 Å². The number of carbonyl (C=O) groups is 1. The van der Waals surface area contributed by atoms with Crippen LogP contribution in [0.3, 0.4) is 0 Å². The van der Waals surface area contributed by atoms with Crippen LogP contribution in [0.5, 0.6) is 5.75 Å². The van der Waals surface area contributed by atoms with Crippen molar-refractivity contribution < 1.29 is 41.3 Å². The van der Waals surface area contributed by atoms with Gasteiger partial charge in [0.25, 0.3) is 0 Å². The Morgan fingerprint density at radius 3 is 2.38 bits per heavy atom.